The molecule has 0 aliphatic carbocycles. The molecule has 0 bridgehead atoms. The van der Waals surface area contributed by atoms with E-state index in [1.165, 1.54) is 25.3 Å². The monoisotopic (exact) mass is 326 g/mol. The number of pyridine rings is 1. The summed E-state index contributed by atoms with van der Waals surface area (Å²) in [6.07, 6.45) is 0.996. The SMILES string of the molecule is C[C@@H]1Cc2ccccc2N1C(=O)[C@@H](C)OC(=O)c1cccc[n+]1[O-]. The van der Waals surface area contributed by atoms with Gasteiger partial charge in [-0.25, -0.2) is 4.79 Å². The topological polar surface area (TPSA) is 73.5 Å². The van der Waals surface area contributed by atoms with E-state index in [0.29, 0.717) is 4.73 Å². The van der Waals surface area contributed by atoms with Gasteiger partial charge in [-0.15, -0.1) is 0 Å². The average Bonchev–Trinajstić information content (AvgIpc) is 2.90. The Labute approximate surface area is 139 Å². The summed E-state index contributed by atoms with van der Waals surface area (Å²) in [7, 11) is 0. The zero-order chi connectivity index (χ0) is 17.3. The van der Waals surface area contributed by atoms with Crippen LogP contribution in [-0.4, -0.2) is 24.0 Å². The highest BCUT2D eigenvalue weighted by Gasteiger charge is 2.35. The minimum Gasteiger partial charge on any atom is -0.618 e. The summed E-state index contributed by atoms with van der Waals surface area (Å²) in [5.74, 6) is -1.11. The molecule has 0 N–H and O–H groups in total. The van der Waals surface area contributed by atoms with E-state index in [0.717, 1.165) is 17.7 Å². The van der Waals surface area contributed by atoms with Gasteiger partial charge in [0.1, 0.15) is 0 Å². The molecule has 2 atom stereocenters. The first-order valence-electron chi connectivity index (χ1n) is 7.79. The van der Waals surface area contributed by atoms with Crippen LogP contribution in [0, 0.1) is 5.21 Å². The predicted octanol–water partition coefficient (Wildman–Crippen LogP) is 1.84. The quantitative estimate of drug-likeness (QED) is 0.490. The molecule has 1 aromatic carbocycles. The smallest absolute Gasteiger partial charge is 0.405 e. The second-order valence-electron chi connectivity index (χ2n) is 5.85. The highest BCUT2D eigenvalue weighted by atomic mass is 16.6. The third-order valence-corrected chi connectivity index (χ3v) is 4.11. The van der Waals surface area contributed by atoms with Gasteiger partial charge in [0.2, 0.25) is 0 Å². The van der Waals surface area contributed by atoms with Gasteiger partial charge < -0.3 is 14.8 Å². The summed E-state index contributed by atoms with van der Waals surface area (Å²) in [6.45, 7) is 3.47. The van der Waals surface area contributed by atoms with Gasteiger partial charge in [-0.3, -0.25) is 4.79 Å². The number of para-hydroxylation sites is 1. The molecule has 6 heteroatoms. The fourth-order valence-electron chi connectivity index (χ4n) is 2.95. The standard InChI is InChI=1S/C18H18N2O4/c1-12-11-14-7-3-4-8-15(14)20(12)17(21)13(2)24-18(22)16-9-5-6-10-19(16)23/h3-10,12-13H,11H2,1-2H3/t12-,13-/m1/s1. The summed E-state index contributed by atoms with van der Waals surface area (Å²) in [6, 6.07) is 12.1. The Balaban J connectivity index is 1.76. The molecule has 124 valence electrons. The number of hydrogen-bond donors (Lipinski definition) is 0. The number of carbonyl (C=O) groups is 2. The van der Waals surface area contributed by atoms with Crippen molar-refractivity contribution in [3.63, 3.8) is 0 Å². The van der Waals surface area contributed by atoms with Crippen LogP contribution in [0.25, 0.3) is 0 Å². The van der Waals surface area contributed by atoms with Gasteiger partial charge in [0, 0.05) is 23.9 Å². The molecule has 0 radical (unpaired) electrons. The van der Waals surface area contributed by atoms with E-state index in [2.05, 4.69) is 0 Å². The molecule has 1 aromatic heterocycles. The van der Waals surface area contributed by atoms with Crippen LogP contribution in [0.4, 0.5) is 5.69 Å². The Kier molecular flexibility index (Phi) is 4.20. The zero-order valence-electron chi connectivity index (χ0n) is 13.5. The summed E-state index contributed by atoms with van der Waals surface area (Å²) in [5.41, 5.74) is 1.79. The lowest BCUT2D eigenvalue weighted by molar-refractivity contribution is -0.608. The molecule has 0 spiro atoms. The van der Waals surface area contributed by atoms with E-state index in [9.17, 15) is 14.8 Å². The number of rotatable bonds is 3. The maximum Gasteiger partial charge on any atom is 0.405 e. The van der Waals surface area contributed by atoms with Crippen molar-refractivity contribution in [1.29, 1.82) is 0 Å². The second kappa shape index (κ2) is 6.31. The van der Waals surface area contributed by atoms with Gasteiger partial charge in [0.15, 0.2) is 12.3 Å². The number of aromatic nitrogens is 1. The number of nitrogens with zero attached hydrogens (tertiary/aromatic N) is 2. The molecule has 2 aromatic rings. The van der Waals surface area contributed by atoms with Crippen molar-refractivity contribution >= 4 is 17.6 Å². The molecular formula is C18H18N2O4. The van der Waals surface area contributed by atoms with E-state index in [4.69, 9.17) is 4.74 Å². The minimum atomic E-state index is -0.980. The number of fused-ring (bicyclic) bond motifs is 1. The summed E-state index contributed by atoms with van der Waals surface area (Å²) < 4.78 is 5.63. The lowest BCUT2D eigenvalue weighted by atomic mass is 10.1. The molecule has 3 rings (SSSR count). The van der Waals surface area contributed by atoms with Crippen molar-refractivity contribution in [2.75, 3.05) is 4.90 Å². The lowest BCUT2D eigenvalue weighted by Gasteiger charge is -2.25. The number of anilines is 1. The largest absolute Gasteiger partial charge is 0.618 e. The van der Waals surface area contributed by atoms with Gasteiger partial charge in [-0.2, -0.15) is 4.73 Å². The van der Waals surface area contributed by atoms with Gasteiger partial charge in [0.05, 0.1) is 0 Å². The van der Waals surface area contributed by atoms with Crippen molar-refractivity contribution < 1.29 is 19.1 Å². The van der Waals surface area contributed by atoms with Crippen LogP contribution in [0.5, 0.6) is 0 Å². The van der Waals surface area contributed by atoms with Gasteiger partial charge in [0.25, 0.3) is 5.91 Å². The molecule has 0 fully saturated rings. The summed E-state index contributed by atoms with van der Waals surface area (Å²) in [5, 5.41) is 11.6. The van der Waals surface area contributed by atoms with E-state index < -0.39 is 12.1 Å². The first-order chi connectivity index (χ1) is 11.5. The molecule has 1 aliphatic heterocycles. The Morgan fingerprint density at radius 1 is 1.25 bits per heavy atom. The van der Waals surface area contributed by atoms with Crippen molar-refractivity contribution in [3.05, 3.63) is 65.1 Å². The minimum absolute atomic E-state index is 0.00257. The number of amides is 1. The molecule has 0 saturated carbocycles. The fraction of sp³-hybridized carbons (Fsp3) is 0.278. The van der Waals surface area contributed by atoms with Crippen LogP contribution in [0.3, 0.4) is 0 Å². The van der Waals surface area contributed by atoms with Crippen molar-refractivity contribution in [3.8, 4) is 0 Å². The number of hydrogen-bond acceptors (Lipinski definition) is 4. The van der Waals surface area contributed by atoms with Crippen molar-refractivity contribution in [2.24, 2.45) is 0 Å². The molecule has 24 heavy (non-hydrogen) atoms. The van der Waals surface area contributed by atoms with Crippen LogP contribution in [0.1, 0.15) is 29.9 Å². The average molecular weight is 326 g/mol. The van der Waals surface area contributed by atoms with Gasteiger partial charge in [-0.1, -0.05) is 18.2 Å². The maximum atomic E-state index is 12.7. The van der Waals surface area contributed by atoms with Crippen LogP contribution >= 0.6 is 0 Å². The third kappa shape index (κ3) is 2.82. The van der Waals surface area contributed by atoms with Crippen LogP contribution in [0.2, 0.25) is 0 Å². The first-order valence-corrected chi connectivity index (χ1v) is 7.79. The van der Waals surface area contributed by atoms with E-state index in [1.54, 1.807) is 11.0 Å². The molecule has 0 unspecified atom stereocenters. The van der Waals surface area contributed by atoms with E-state index in [1.807, 2.05) is 31.2 Å². The number of carbonyl (C=O) groups excluding carboxylic acids is 2. The summed E-state index contributed by atoms with van der Waals surface area (Å²) in [4.78, 5) is 26.5. The molecule has 2 heterocycles. The Bertz CT molecular complexity index is 790. The highest BCUT2D eigenvalue weighted by molar-refractivity contribution is 6.00. The van der Waals surface area contributed by atoms with Crippen LogP contribution in [-0.2, 0) is 16.0 Å². The van der Waals surface area contributed by atoms with Crippen LogP contribution in [0.15, 0.2) is 48.7 Å². The molecule has 6 nitrogen and oxygen atoms in total. The van der Waals surface area contributed by atoms with Crippen molar-refractivity contribution in [1.82, 2.24) is 0 Å². The number of benzene rings is 1. The molecular weight excluding hydrogens is 308 g/mol. The fourth-order valence-corrected chi connectivity index (χ4v) is 2.95. The normalized spacial score (nSPS) is 17.2. The second-order valence-corrected chi connectivity index (χ2v) is 5.85. The maximum absolute atomic E-state index is 12.7. The van der Waals surface area contributed by atoms with Crippen LogP contribution < -0.4 is 9.63 Å². The first kappa shape index (κ1) is 16.0. The number of esters is 1. The van der Waals surface area contributed by atoms with Gasteiger partial charge >= 0.3 is 11.7 Å². The predicted molar refractivity (Wildman–Crippen MR) is 87.4 cm³/mol. The lowest BCUT2D eigenvalue weighted by Crippen LogP contribution is -2.44. The molecule has 0 saturated heterocycles. The Hall–Kier alpha value is -2.89. The van der Waals surface area contributed by atoms with Crippen molar-refractivity contribution in [2.45, 2.75) is 32.4 Å². The Morgan fingerprint density at radius 3 is 2.71 bits per heavy atom. The number of ether oxygens (including phenoxy) is 1. The molecule has 1 aliphatic rings. The zero-order valence-corrected chi connectivity index (χ0v) is 13.5. The summed E-state index contributed by atoms with van der Waals surface area (Å²) >= 11 is 0. The molecule has 1 amide bonds. The Morgan fingerprint density at radius 2 is 1.96 bits per heavy atom. The van der Waals surface area contributed by atoms with E-state index in [-0.39, 0.29) is 17.6 Å². The third-order valence-electron chi connectivity index (χ3n) is 4.11. The highest BCUT2D eigenvalue weighted by Crippen LogP contribution is 2.32. The van der Waals surface area contributed by atoms with Gasteiger partial charge in [-0.05, 0) is 38.0 Å². The van der Waals surface area contributed by atoms with E-state index >= 15 is 0 Å².